The molecule has 0 bridgehead atoms. The number of esters is 1. The van der Waals surface area contributed by atoms with Gasteiger partial charge in [-0.1, -0.05) is 25.3 Å². The Hall–Kier alpha value is -3.28. The van der Waals surface area contributed by atoms with Crippen LogP contribution in [0.4, 0.5) is 0 Å². The van der Waals surface area contributed by atoms with E-state index in [2.05, 4.69) is 10.6 Å². The minimum atomic E-state index is -0.844. The number of benzene rings is 2. The molecular weight excluding hydrogens is 430 g/mol. The molecule has 176 valence electrons. The maximum Gasteiger partial charge on any atom is 0.337 e. The first-order chi connectivity index (χ1) is 16.5. The van der Waals surface area contributed by atoms with Crippen molar-refractivity contribution < 1.29 is 24.2 Å². The van der Waals surface area contributed by atoms with Crippen LogP contribution < -0.4 is 4.74 Å². The highest BCUT2D eigenvalue weighted by molar-refractivity contribution is 6.00. The number of nitrogens with zero attached hydrogens (tertiary/aromatic N) is 1. The van der Waals surface area contributed by atoms with Crippen molar-refractivity contribution in [2.75, 3.05) is 14.2 Å². The lowest BCUT2D eigenvalue weighted by Gasteiger charge is -2.24. The predicted octanol–water partition coefficient (Wildman–Crippen LogP) is 5.72. The molecular formula is C28H29NO5. The van der Waals surface area contributed by atoms with Crippen LogP contribution in [-0.2, 0) is 16.1 Å². The van der Waals surface area contributed by atoms with Gasteiger partial charge in [0, 0.05) is 28.9 Å². The van der Waals surface area contributed by atoms with Crippen molar-refractivity contribution in [3.8, 4) is 17.0 Å². The highest BCUT2D eigenvalue weighted by Gasteiger charge is 2.63. The average molecular weight is 460 g/mol. The Morgan fingerprint density at radius 1 is 1.06 bits per heavy atom. The fourth-order valence-electron chi connectivity index (χ4n) is 6.53. The van der Waals surface area contributed by atoms with E-state index in [0.29, 0.717) is 24.4 Å². The van der Waals surface area contributed by atoms with Crippen molar-refractivity contribution in [3.63, 3.8) is 0 Å². The zero-order valence-corrected chi connectivity index (χ0v) is 19.6. The molecule has 2 atom stereocenters. The number of carboxylic acids is 1. The van der Waals surface area contributed by atoms with Gasteiger partial charge < -0.3 is 19.1 Å². The topological polar surface area (TPSA) is 77.8 Å². The van der Waals surface area contributed by atoms with Crippen molar-refractivity contribution in [2.24, 2.45) is 5.41 Å². The molecule has 2 unspecified atom stereocenters. The monoisotopic (exact) mass is 459 g/mol. The minimum Gasteiger partial charge on any atom is -0.497 e. The van der Waals surface area contributed by atoms with Crippen molar-refractivity contribution in [1.29, 1.82) is 0 Å². The Bertz CT molecular complexity index is 1330. The van der Waals surface area contributed by atoms with E-state index in [1.165, 1.54) is 31.9 Å². The maximum atomic E-state index is 12.6. The summed E-state index contributed by atoms with van der Waals surface area (Å²) >= 11 is 0. The third-order valence-corrected chi connectivity index (χ3v) is 8.37. The molecule has 6 rings (SSSR count). The third-order valence-electron chi connectivity index (χ3n) is 8.37. The molecule has 1 aromatic heterocycles. The zero-order valence-electron chi connectivity index (χ0n) is 19.6. The quantitative estimate of drug-likeness (QED) is 0.505. The van der Waals surface area contributed by atoms with E-state index in [4.69, 9.17) is 9.47 Å². The van der Waals surface area contributed by atoms with Crippen molar-refractivity contribution in [2.45, 2.75) is 56.9 Å². The molecule has 2 saturated carbocycles. The van der Waals surface area contributed by atoms with Gasteiger partial charge in [0.2, 0.25) is 0 Å². The SMILES string of the molecule is COC(=O)c1ccc2c(C3CCCCC3)c3n(c2c1)CC1(C(=O)O)CC1c1cc(OC)ccc1-3. The van der Waals surface area contributed by atoms with Gasteiger partial charge >= 0.3 is 11.9 Å². The summed E-state index contributed by atoms with van der Waals surface area (Å²) in [5.41, 5.74) is 5.16. The molecule has 1 N–H and O–H groups in total. The van der Waals surface area contributed by atoms with Crippen LogP contribution in [0.15, 0.2) is 36.4 Å². The predicted molar refractivity (Wildman–Crippen MR) is 129 cm³/mol. The number of rotatable bonds is 4. The number of hydrogen-bond acceptors (Lipinski definition) is 4. The van der Waals surface area contributed by atoms with E-state index in [-0.39, 0.29) is 11.9 Å². The lowest BCUT2D eigenvalue weighted by atomic mass is 9.81. The molecule has 2 fully saturated rings. The molecule has 2 aliphatic carbocycles. The van der Waals surface area contributed by atoms with E-state index in [1.54, 1.807) is 7.11 Å². The second-order valence-electron chi connectivity index (χ2n) is 10.1. The Labute approximate surface area is 198 Å². The summed E-state index contributed by atoms with van der Waals surface area (Å²) in [6.07, 6.45) is 6.53. The summed E-state index contributed by atoms with van der Waals surface area (Å²) in [5.74, 6) is -0.0200. The number of carboxylic acid groups (broad SMARTS) is 1. The number of methoxy groups -OCH3 is 2. The summed E-state index contributed by atoms with van der Waals surface area (Å²) in [7, 11) is 3.03. The van der Waals surface area contributed by atoms with Gasteiger partial charge in [0.25, 0.3) is 0 Å². The number of carbonyl (C=O) groups is 2. The Kier molecular flexibility index (Phi) is 4.77. The highest BCUT2D eigenvalue weighted by Crippen LogP contribution is 2.65. The van der Waals surface area contributed by atoms with Crippen LogP contribution in [0, 0.1) is 5.41 Å². The summed E-state index contributed by atoms with van der Waals surface area (Å²) in [6, 6.07) is 11.9. The van der Waals surface area contributed by atoms with E-state index < -0.39 is 11.4 Å². The summed E-state index contributed by atoms with van der Waals surface area (Å²) in [4.78, 5) is 25.0. The number of hydrogen-bond donors (Lipinski definition) is 1. The van der Waals surface area contributed by atoms with Crippen LogP contribution in [0.1, 0.15) is 71.8 Å². The van der Waals surface area contributed by atoms with Crippen LogP contribution in [0.25, 0.3) is 22.2 Å². The maximum absolute atomic E-state index is 12.6. The van der Waals surface area contributed by atoms with E-state index in [9.17, 15) is 14.7 Å². The summed E-state index contributed by atoms with van der Waals surface area (Å²) < 4.78 is 12.7. The second kappa shape index (κ2) is 7.62. The fourth-order valence-corrected chi connectivity index (χ4v) is 6.53. The molecule has 2 heterocycles. The van der Waals surface area contributed by atoms with Crippen LogP contribution in [0.5, 0.6) is 5.75 Å². The lowest BCUT2D eigenvalue weighted by Crippen LogP contribution is -2.22. The van der Waals surface area contributed by atoms with Gasteiger partial charge in [-0.2, -0.15) is 0 Å². The molecule has 2 aromatic carbocycles. The Morgan fingerprint density at radius 3 is 2.56 bits per heavy atom. The second-order valence-corrected chi connectivity index (χ2v) is 10.1. The molecule has 3 aromatic rings. The van der Waals surface area contributed by atoms with Crippen molar-refractivity contribution >= 4 is 22.8 Å². The lowest BCUT2D eigenvalue weighted by molar-refractivity contribution is -0.144. The molecule has 0 saturated heterocycles. The van der Waals surface area contributed by atoms with Gasteiger partial charge in [-0.25, -0.2) is 4.79 Å². The van der Waals surface area contributed by atoms with Crippen LogP contribution in [0.3, 0.4) is 0 Å². The molecule has 3 aliphatic rings. The summed E-state index contributed by atoms with van der Waals surface area (Å²) in [5, 5.41) is 11.5. The standard InChI is InChI=1S/C28H29NO5/c1-33-18-9-11-19-21(13-18)22-14-28(22,27(31)32)15-29-23-12-17(26(30)34-2)8-10-20(23)24(25(19)29)16-6-4-3-5-7-16/h8-13,16,22H,3-7,14-15H2,1-2H3,(H,31,32). The van der Waals surface area contributed by atoms with Gasteiger partial charge in [0.15, 0.2) is 0 Å². The first-order valence-electron chi connectivity index (χ1n) is 12.1. The first kappa shape index (κ1) is 21.3. The average Bonchev–Trinajstić information content (AvgIpc) is 3.54. The number of aromatic nitrogens is 1. The van der Waals surface area contributed by atoms with Crippen molar-refractivity contribution in [1.82, 2.24) is 4.57 Å². The molecule has 6 nitrogen and oxygen atoms in total. The molecule has 1 aliphatic heterocycles. The van der Waals surface area contributed by atoms with E-state index in [1.807, 2.05) is 30.3 Å². The Morgan fingerprint density at radius 2 is 1.85 bits per heavy atom. The molecule has 34 heavy (non-hydrogen) atoms. The normalized spacial score (nSPS) is 23.4. The van der Waals surface area contributed by atoms with E-state index in [0.717, 1.165) is 46.3 Å². The molecule has 0 spiro atoms. The van der Waals surface area contributed by atoms with E-state index >= 15 is 0 Å². The van der Waals surface area contributed by atoms with Gasteiger partial charge in [-0.15, -0.1) is 0 Å². The number of aliphatic carboxylic acids is 1. The minimum absolute atomic E-state index is 0.0481. The first-order valence-corrected chi connectivity index (χ1v) is 12.1. The van der Waals surface area contributed by atoms with Crippen LogP contribution in [-0.4, -0.2) is 35.8 Å². The third kappa shape index (κ3) is 2.93. The largest absolute Gasteiger partial charge is 0.497 e. The number of carbonyl (C=O) groups excluding carboxylic acids is 1. The smallest absolute Gasteiger partial charge is 0.337 e. The zero-order chi connectivity index (χ0) is 23.6. The van der Waals surface area contributed by atoms with Gasteiger partial charge in [-0.05, 0) is 66.6 Å². The summed E-state index contributed by atoms with van der Waals surface area (Å²) in [6.45, 7) is 0.396. The van der Waals surface area contributed by atoms with Crippen LogP contribution in [0.2, 0.25) is 0 Å². The van der Waals surface area contributed by atoms with Crippen molar-refractivity contribution in [3.05, 3.63) is 53.1 Å². The Balaban J connectivity index is 1.69. The fraction of sp³-hybridized carbons (Fsp3) is 0.429. The molecule has 0 radical (unpaired) electrons. The van der Waals surface area contributed by atoms with Gasteiger partial charge in [0.1, 0.15) is 5.75 Å². The van der Waals surface area contributed by atoms with Crippen LogP contribution >= 0.6 is 0 Å². The molecule has 6 heteroatoms. The van der Waals surface area contributed by atoms with Gasteiger partial charge in [-0.3, -0.25) is 4.79 Å². The van der Waals surface area contributed by atoms with Gasteiger partial charge in [0.05, 0.1) is 30.9 Å². The molecule has 0 amide bonds. The highest BCUT2D eigenvalue weighted by atomic mass is 16.5. The number of ether oxygens (including phenoxy) is 2. The number of fused-ring (bicyclic) bond motifs is 7.